The lowest BCUT2D eigenvalue weighted by Gasteiger charge is -2.24. The molecule has 1 amide bonds. The fraction of sp³-hybridized carbons (Fsp3) is 0.615. The standard InChI is InChI=1S/C13H20N2O2S/c1-8-6-11(10(3)18-8)9(2)15-12(16)13(14)4-5-17-7-13/h6,9H,4-5,7,14H2,1-3H3,(H,15,16). The Labute approximate surface area is 112 Å². The summed E-state index contributed by atoms with van der Waals surface area (Å²) in [6, 6.07) is 2.11. The molecule has 2 unspecified atom stereocenters. The fourth-order valence-corrected chi connectivity index (χ4v) is 3.28. The van der Waals surface area contributed by atoms with Gasteiger partial charge in [0.1, 0.15) is 5.54 Å². The van der Waals surface area contributed by atoms with Crippen LogP contribution in [0.25, 0.3) is 0 Å². The number of rotatable bonds is 3. The topological polar surface area (TPSA) is 64.4 Å². The van der Waals surface area contributed by atoms with Crippen LogP contribution in [0.4, 0.5) is 0 Å². The molecule has 1 aromatic rings. The van der Waals surface area contributed by atoms with Gasteiger partial charge in [0.2, 0.25) is 5.91 Å². The number of hydrogen-bond acceptors (Lipinski definition) is 4. The lowest BCUT2D eigenvalue weighted by Crippen LogP contribution is -2.54. The van der Waals surface area contributed by atoms with Crippen molar-refractivity contribution in [2.75, 3.05) is 13.2 Å². The predicted molar refractivity (Wildman–Crippen MR) is 72.7 cm³/mol. The van der Waals surface area contributed by atoms with Crippen LogP contribution in [-0.2, 0) is 9.53 Å². The van der Waals surface area contributed by atoms with Gasteiger partial charge >= 0.3 is 0 Å². The van der Waals surface area contributed by atoms with E-state index in [0.29, 0.717) is 19.6 Å². The summed E-state index contributed by atoms with van der Waals surface area (Å²) >= 11 is 1.75. The van der Waals surface area contributed by atoms with Gasteiger partial charge in [0, 0.05) is 16.4 Å². The number of nitrogens with one attached hydrogen (secondary N) is 1. The number of carbonyl (C=O) groups excluding carboxylic acids is 1. The highest BCUT2D eigenvalue weighted by Crippen LogP contribution is 2.27. The zero-order chi connectivity index (χ0) is 13.3. The van der Waals surface area contributed by atoms with Gasteiger partial charge in [-0.3, -0.25) is 4.79 Å². The minimum Gasteiger partial charge on any atom is -0.379 e. The molecule has 4 nitrogen and oxygen atoms in total. The lowest BCUT2D eigenvalue weighted by molar-refractivity contribution is -0.127. The maximum absolute atomic E-state index is 12.2. The van der Waals surface area contributed by atoms with Gasteiger partial charge < -0.3 is 15.8 Å². The molecule has 0 spiro atoms. The molecule has 100 valence electrons. The number of nitrogens with two attached hydrogens (primary N) is 1. The molecule has 1 saturated heterocycles. The molecule has 2 heterocycles. The van der Waals surface area contributed by atoms with E-state index in [0.717, 1.165) is 0 Å². The quantitative estimate of drug-likeness (QED) is 0.876. The summed E-state index contributed by atoms with van der Waals surface area (Å²) < 4.78 is 5.21. The van der Waals surface area contributed by atoms with E-state index in [2.05, 4.69) is 25.2 Å². The Bertz CT molecular complexity index is 450. The molecular formula is C13H20N2O2S. The van der Waals surface area contributed by atoms with Crippen molar-refractivity contribution in [2.45, 2.75) is 38.8 Å². The van der Waals surface area contributed by atoms with E-state index in [1.54, 1.807) is 11.3 Å². The first kappa shape index (κ1) is 13.5. The normalized spacial score (nSPS) is 25.1. The second-order valence-electron chi connectivity index (χ2n) is 5.02. The molecule has 0 aromatic carbocycles. The number of thiophene rings is 1. The van der Waals surface area contributed by atoms with E-state index in [9.17, 15) is 4.79 Å². The maximum Gasteiger partial charge on any atom is 0.243 e. The van der Waals surface area contributed by atoms with Gasteiger partial charge in [0.15, 0.2) is 0 Å². The zero-order valence-electron chi connectivity index (χ0n) is 11.1. The van der Waals surface area contributed by atoms with Gasteiger partial charge in [-0.1, -0.05) is 0 Å². The Hall–Kier alpha value is -0.910. The third-order valence-electron chi connectivity index (χ3n) is 3.40. The number of carbonyl (C=O) groups is 1. The smallest absolute Gasteiger partial charge is 0.243 e. The van der Waals surface area contributed by atoms with Crippen molar-refractivity contribution in [3.63, 3.8) is 0 Å². The van der Waals surface area contributed by atoms with E-state index >= 15 is 0 Å². The summed E-state index contributed by atoms with van der Waals surface area (Å²) in [7, 11) is 0. The van der Waals surface area contributed by atoms with Crippen LogP contribution >= 0.6 is 11.3 Å². The van der Waals surface area contributed by atoms with Gasteiger partial charge in [-0.15, -0.1) is 11.3 Å². The summed E-state index contributed by atoms with van der Waals surface area (Å²) in [6.07, 6.45) is 0.590. The molecule has 0 bridgehead atoms. The number of ether oxygens (including phenoxy) is 1. The Balaban J connectivity index is 2.05. The van der Waals surface area contributed by atoms with Crippen molar-refractivity contribution >= 4 is 17.2 Å². The maximum atomic E-state index is 12.2. The molecule has 3 N–H and O–H groups in total. The summed E-state index contributed by atoms with van der Waals surface area (Å²) in [5.41, 5.74) is 6.36. The largest absolute Gasteiger partial charge is 0.379 e. The van der Waals surface area contributed by atoms with Gasteiger partial charge in [0.25, 0.3) is 0 Å². The van der Waals surface area contributed by atoms with Crippen LogP contribution in [0.3, 0.4) is 0 Å². The Morgan fingerprint density at radius 3 is 2.83 bits per heavy atom. The summed E-state index contributed by atoms with van der Waals surface area (Å²) in [5, 5.41) is 3.00. The van der Waals surface area contributed by atoms with Crippen LogP contribution in [0.1, 0.15) is 34.7 Å². The Morgan fingerprint density at radius 1 is 1.61 bits per heavy atom. The van der Waals surface area contributed by atoms with Crippen LogP contribution in [0.2, 0.25) is 0 Å². The molecule has 1 aliphatic rings. The molecule has 1 aliphatic heterocycles. The second-order valence-corrected chi connectivity index (χ2v) is 6.48. The van der Waals surface area contributed by atoms with Gasteiger partial charge in [-0.05, 0) is 38.8 Å². The monoisotopic (exact) mass is 268 g/mol. The summed E-state index contributed by atoms with van der Waals surface area (Å²) in [6.45, 7) is 7.02. The lowest BCUT2D eigenvalue weighted by atomic mass is 9.98. The van der Waals surface area contributed by atoms with Crippen molar-refractivity contribution in [1.29, 1.82) is 0 Å². The van der Waals surface area contributed by atoms with Crippen molar-refractivity contribution in [3.8, 4) is 0 Å². The van der Waals surface area contributed by atoms with Crippen molar-refractivity contribution in [1.82, 2.24) is 5.32 Å². The van der Waals surface area contributed by atoms with Crippen LogP contribution in [-0.4, -0.2) is 24.7 Å². The highest BCUT2D eigenvalue weighted by molar-refractivity contribution is 7.12. The second kappa shape index (κ2) is 4.99. The molecule has 1 fully saturated rings. The molecule has 18 heavy (non-hydrogen) atoms. The molecule has 2 rings (SSSR count). The minimum atomic E-state index is -0.854. The first-order valence-corrected chi connectivity index (χ1v) is 6.98. The van der Waals surface area contributed by atoms with Crippen LogP contribution < -0.4 is 11.1 Å². The fourth-order valence-electron chi connectivity index (χ4n) is 2.26. The highest BCUT2D eigenvalue weighted by Gasteiger charge is 2.38. The summed E-state index contributed by atoms with van der Waals surface area (Å²) in [4.78, 5) is 14.7. The molecule has 0 radical (unpaired) electrons. The average molecular weight is 268 g/mol. The van der Waals surface area contributed by atoms with Crippen LogP contribution in [0.5, 0.6) is 0 Å². The Kier molecular flexibility index (Phi) is 3.75. The van der Waals surface area contributed by atoms with Crippen molar-refractivity contribution < 1.29 is 9.53 Å². The SMILES string of the molecule is Cc1cc(C(C)NC(=O)C2(N)CCOC2)c(C)s1. The molecule has 1 aromatic heterocycles. The summed E-state index contributed by atoms with van der Waals surface area (Å²) in [5.74, 6) is -0.115. The van der Waals surface area contributed by atoms with E-state index in [4.69, 9.17) is 10.5 Å². The van der Waals surface area contributed by atoms with Gasteiger partial charge in [0.05, 0.1) is 12.6 Å². The molecular weight excluding hydrogens is 248 g/mol. The zero-order valence-corrected chi connectivity index (χ0v) is 11.9. The van der Waals surface area contributed by atoms with E-state index < -0.39 is 5.54 Å². The number of aryl methyl sites for hydroxylation is 2. The van der Waals surface area contributed by atoms with E-state index in [1.807, 2.05) is 6.92 Å². The van der Waals surface area contributed by atoms with E-state index in [1.165, 1.54) is 15.3 Å². The third kappa shape index (κ3) is 2.58. The third-order valence-corrected chi connectivity index (χ3v) is 4.38. The van der Waals surface area contributed by atoms with Crippen LogP contribution in [0, 0.1) is 13.8 Å². The predicted octanol–water partition coefficient (Wildman–Crippen LogP) is 1.66. The Morgan fingerprint density at radius 2 is 2.33 bits per heavy atom. The van der Waals surface area contributed by atoms with E-state index in [-0.39, 0.29) is 11.9 Å². The van der Waals surface area contributed by atoms with Crippen molar-refractivity contribution in [3.05, 3.63) is 21.4 Å². The van der Waals surface area contributed by atoms with Crippen LogP contribution in [0.15, 0.2) is 6.07 Å². The van der Waals surface area contributed by atoms with Crippen molar-refractivity contribution in [2.24, 2.45) is 5.73 Å². The highest BCUT2D eigenvalue weighted by atomic mass is 32.1. The number of amides is 1. The first-order chi connectivity index (χ1) is 8.42. The van der Waals surface area contributed by atoms with Gasteiger partial charge in [-0.2, -0.15) is 0 Å². The molecule has 5 heteroatoms. The molecule has 2 atom stereocenters. The number of hydrogen-bond donors (Lipinski definition) is 2. The van der Waals surface area contributed by atoms with Gasteiger partial charge in [-0.25, -0.2) is 0 Å². The minimum absolute atomic E-state index is 0.0107. The molecule has 0 aliphatic carbocycles. The molecule has 0 saturated carbocycles. The first-order valence-electron chi connectivity index (χ1n) is 6.17. The average Bonchev–Trinajstić information content (AvgIpc) is 2.86.